The van der Waals surface area contributed by atoms with Crippen LogP contribution in [0.4, 0.5) is 0 Å². The highest BCUT2D eigenvalue weighted by Gasteiger charge is 2.18. The van der Waals surface area contributed by atoms with Gasteiger partial charge in [0, 0.05) is 12.6 Å². The van der Waals surface area contributed by atoms with Crippen LogP contribution in [0.25, 0.3) is 11.3 Å². The summed E-state index contributed by atoms with van der Waals surface area (Å²) in [6, 6.07) is 6.16. The van der Waals surface area contributed by atoms with E-state index in [-0.39, 0.29) is 6.42 Å². The zero-order valence-corrected chi connectivity index (χ0v) is 12.7. The predicted molar refractivity (Wildman–Crippen MR) is 77.2 cm³/mol. The van der Waals surface area contributed by atoms with Gasteiger partial charge in [0.25, 0.3) is 0 Å². The summed E-state index contributed by atoms with van der Waals surface area (Å²) in [5.41, 5.74) is 4.76. The van der Waals surface area contributed by atoms with E-state index < -0.39 is 5.97 Å². The zero-order chi connectivity index (χ0) is 14.2. The van der Waals surface area contributed by atoms with Crippen LogP contribution in [0.2, 0.25) is 0 Å². The molecule has 0 spiro atoms. The third kappa shape index (κ3) is 2.71. The molecule has 100 valence electrons. The van der Waals surface area contributed by atoms with Crippen molar-refractivity contribution in [2.24, 2.45) is 7.05 Å². The van der Waals surface area contributed by atoms with Gasteiger partial charge in [-0.25, -0.2) is 0 Å². The third-order valence-electron chi connectivity index (χ3n) is 3.07. The fourth-order valence-corrected chi connectivity index (χ4v) is 2.72. The second-order valence-corrected chi connectivity index (χ2v) is 5.41. The van der Waals surface area contributed by atoms with Crippen molar-refractivity contribution < 1.29 is 9.90 Å². The summed E-state index contributed by atoms with van der Waals surface area (Å²) in [7, 11) is 1.76. The number of benzene rings is 1. The molecule has 5 heteroatoms. The predicted octanol–water partition coefficient (Wildman–Crippen LogP) is 3.09. The molecule has 0 atom stereocenters. The SMILES string of the molecule is Cc1ccc(C)c(-c2nn(C)c(CC(=O)O)c2Br)c1. The van der Waals surface area contributed by atoms with E-state index >= 15 is 0 Å². The minimum absolute atomic E-state index is 0.0467. The summed E-state index contributed by atoms with van der Waals surface area (Å²) < 4.78 is 2.38. The molecule has 0 fully saturated rings. The van der Waals surface area contributed by atoms with E-state index in [0.717, 1.165) is 26.9 Å². The molecular weight excluding hydrogens is 308 g/mol. The minimum Gasteiger partial charge on any atom is -0.481 e. The van der Waals surface area contributed by atoms with Crippen molar-refractivity contribution in [3.63, 3.8) is 0 Å². The van der Waals surface area contributed by atoms with E-state index in [0.29, 0.717) is 5.69 Å². The molecule has 1 aromatic carbocycles. The normalized spacial score (nSPS) is 10.7. The van der Waals surface area contributed by atoms with Gasteiger partial charge in [-0.3, -0.25) is 9.48 Å². The standard InChI is InChI=1S/C14H15BrN2O2/c1-8-4-5-9(2)10(6-8)14-13(15)11(7-12(18)19)17(3)16-14/h4-6H,7H2,1-3H3,(H,18,19). The lowest BCUT2D eigenvalue weighted by atomic mass is 10.0. The second-order valence-electron chi connectivity index (χ2n) is 4.62. The van der Waals surface area contributed by atoms with Crippen molar-refractivity contribution in [1.29, 1.82) is 0 Å². The van der Waals surface area contributed by atoms with Gasteiger partial charge in [-0.05, 0) is 41.4 Å². The van der Waals surface area contributed by atoms with E-state index in [1.54, 1.807) is 11.7 Å². The van der Waals surface area contributed by atoms with Crippen LogP contribution < -0.4 is 0 Å². The van der Waals surface area contributed by atoms with E-state index in [9.17, 15) is 4.79 Å². The van der Waals surface area contributed by atoms with Crippen molar-refractivity contribution in [2.45, 2.75) is 20.3 Å². The van der Waals surface area contributed by atoms with Gasteiger partial charge in [0.05, 0.1) is 16.6 Å². The Kier molecular flexibility index (Phi) is 3.75. The number of aromatic nitrogens is 2. The number of aliphatic carboxylic acids is 1. The van der Waals surface area contributed by atoms with Crippen molar-refractivity contribution in [1.82, 2.24) is 9.78 Å². The topological polar surface area (TPSA) is 55.1 Å². The summed E-state index contributed by atoms with van der Waals surface area (Å²) in [6.07, 6.45) is -0.0467. The Bertz CT molecular complexity index is 647. The Morgan fingerprint density at radius 3 is 2.74 bits per heavy atom. The van der Waals surface area contributed by atoms with Gasteiger partial charge < -0.3 is 5.11 Å². The van der Waals surface area contributed by atoms with Gasteiger partial charge in [0.2, 0.25) is 0 Å². The van der Waals surface area contributed by atoms with Gasteiger partial charge in [0.1, 0.15) is 5.69 Å². The van der Waals surface area contributed by atoms with Crippen LogP contribution in [0, 0.1) is 13.8 Å². The molecule has 0 saturated carbocycles. The third-order valence-corrected chi connectivity index (χ3v) is 3.90. The molecule has 2 aromatic rings. The number of halogens is 1. The van der Waals surface area contributed by atoms with Gasteiger partial charge >= 0.3 is 5.97 Å². The second kappa shape index (κ2) is 5.17. The monoisotopic (exact) mass is 322 g/mol. The van der Waals surface area contributed by atoms with Crippen LogP contribution >= 0.6 is 15.9 Å². The van der Waals surface area contributed by atoms with Gasteiger partial charge in [0.15, 0.2) is 0 Å². The van der Waals surface area contributed by atoms with Crippen LogP contribution in [0.15, 0.2) is 22.7 Å². The highest BCUT2D eigenvalue weighted by Crippen LogP contribution is 2.32. The summed E-state index contributed by atoms with van der Waals surface area (Å²) >= 11 is 3.48. The van der Waals surface area contributed by atoms with Crippen molar-refractivity contribution in [3.05, 3.63) is 39.5 Å². The van der Waals surface area contributed by atoms with Gasteiger partial charge in [-0.2, -0.15) is 5.10 Å². The van der Waals surface area contributed by atoms with E-state index in [4.69, 9.17) is 5.11 Å². The fourth-order valence-electron chi connectivity index (χ4n) is 2.03. The molecule has 0 amide bonds. The maximum atomic E-state index is 10.9. The Balaban J connectivity index is 2.57. The first-order chi connectivity index (χ1) is 8.90. The van der Waals surface area contributed by atoms with E-state index in [2.05, 4.69) is 27.1 Å². The number of carboxylic acid groups (broad SMARTS) is 1. The number of rotatable bonds is 3. The highest BCUT2D eigenvalue weighted by atomic mass is 79.9. The average Bonchev–Trinajstić information content (AvgIpc) is 2.60. The molecule has 19 heavy (non-hydrogen) atoms. The molecule has 0 saturated heterocycles. The minimum atomic E-state index is -0.865. The first-order valence-electron chi connectivity index (χ1n) is 5.91. The molecule has 1 N–H and O–H groups in total. The zero-order valence-electron chi connectivity index (χ0n) is 11.1. The lowest BCUT2D eigenvalue weighted by molar-refractivity contribution is -0.136. The van der Waals surface area contributed by atoms with Gasteiger partial charge in [-0.1, -0.05) is 17.7 Å². The maximum absolute atomic E-state index is 10.9. The number of hydrogen-bond donors (Lipinski definition) is 1. The van der Waals surface area contributed by atoms with Crippen molar-refractivity contribution >= 4 is 21.9 Å². The molecule has 1 heterocycles. The van der Waals surface area contributed by atoms with Crippen molar-refractivity contribution in [2.75, 3.05) is 0 Å². The summed E-state index contributed by atoms with van der Waals surface area (Å²) in [5, 5.41) is 13.4. The molecule has 0 aliphatic carbocycles. The number of hydrogen-bond acceptors (Lipinski definition) is 2. The Morgan fingerprint density at radius 2 is 2.11 bits per heavy atom. The first-order valence-corrected chi connectivity index (χ1v) is 6.70. The van der Waals surface area contributed by atoms with Crippen molar-refractivity contribution in [3.8, 4) is 11.3 Å². The molecule has 2 rings (SSSR count). The van der Waals surface area contributed by atoms with Crippen LogP contribution in [0.5, 0.6) is 0 Å². The Labute approximate surface area is 120 Å². The first kappa shape index (κ1) is 13.8. The number of aryl methyl sites for hydroxylation is 3. The van der Waals surface area contributed by atoms with E-state index in [1.165, 1.54) is 0 Å². The molecule has 0 aliphatic heterocycles. The van der Waals surface area contributed by atoms with Gasteiger partial charge in [-0.15, -0.1) is 0 Å². The van der Waals surface area contributed by atoms with Crippen LogP contribution in [0.1, 0.15) is 16.8 Å². The van der Waals surface area contributed by atoms with E-state index in [1.807, 2.05) is 26.0 Å². The lowest BCUT2D eigenvalue weighted by Crippen LogP contribution is -2.06. The Hall–Kier alpha value is -1.62. The summed E-state index contributed by atoms with van der Waals surface area (Å²) in [6.45, 7) is 4.05. The molecule has 4 nitrogen and oxygen atoms in total. The smallest absolute Gasteiger partial charge is 0.309 e. The maximum Gasteiger partial charge on any atom is 0.309 e. The summed E-state index contributed by atoms with van der Waals surface area (Å²) in [4.78, 5) is 10.9. The quantitative estimate of drug-likeness (QED) is 0.944. The van der Waals surface area contributed by atoms with Crippen LogP contribution in [-0.2, 0) is 18.3 Å². The lowest BCUT2D eigenvalue weighted by Gasteiger charge is -2.04. The number of nitrogens with zero attached hydrogens (tertiary/aromatic N) is 2. The fraction of sp³-hybridized carbons (Fsp3) is 0.286. The largest absolute Gasteiger partial charge is 0.481 e. The van der Waals surface area contributed by atoms with Crippen LogP contribution in [-0.4, -0.2) is 20.9 Å². The molecule has 0 radical (unpaired) electrons. The molecule has 0 unspecified atom stereocenters. The average molecular weight is 323 g/mol. The Morgan fingerprint density at radius 1 is 1.42 bits per heavy atom. The molecular formula is C14H15BrN2O2. The molecule has 0 aliphatic rings. The van der Waals surface area contributed by atoms with Crippen LogP contribution in [0.3, 0.4) is 0 Å². The molecule has 1 aromatic heterocycles. The molecule has 0 bridgehead atoms. The summed E-state index contributed by atoms with van der Waals surface area (Å²) in [5.74, 6) is -0.865. The number of carbonyl (C=O) groups is 1. The number of carboxylic acids is 1. The highest BCUT2D eigenvalue weighted by molar-refractivity contribution is 9.10.